The minimum atomic E-state index is -0.464. The number of nitrogens with one attached hydrogen (secondary N) is 2. The molecule has 2 N–H and O–H groups in total. The zero-order chi connectivity index (χ0) is 15.8. The lowest BCUT2D eigenvalue weighted by molar-refractivity contribution is -0.128. The molecule has 122 valence electrons. The fraction of sp³-hybridized carbons (Fsp3) is 0.562. The maximum atomic E-state index is 13.5. The highest BCUT2D eigenvalue weighted by atomic mass is 19.1. The van der Waals surface area contributed by atoms with Gasteiger partial charge in [-0.2, -0.15) is 0 Å². The number of carbonyl (C=O) groups is 1. The highest BCUT2D eigenvalue weighted by Crippen LogP contribution is 2.23. The molecule has 1 atom stereocenters. The molecule has 0 spiro atoms. The topological polar surface area (TPSA) is 53.6 Å². The molecule has 6 heteroatoms. The van der Waals surface area contributed by atoms with Crippen molar-refractivity contribution < 1.29 is 13.9 Å². The standard InChI is InChI=1S/C16H24FN3O2/c1-18-6-3-7-19-16(21)15(20-8-10-22-11-9-20)13-4-2-5-14(17)12-13/h2,4-5,12,15,18H,3,6-11H2,1H3,(H,19,21). The van der Waals surface area contributed by atoms with Crippen LogP contribution in [0.15, 0.2) is 24.3 Å². The summed E-state index contributed by atoms with van der Waals surface area (Å²) in [5.41, 5.74) is 0.688. The second kappa shape index (κ2) is 8.82. The van der Waals surface area contributed by atoms with Gasteiger partial charge in [0.1, 0.15) is 11.9 Å². The van der Waals surface area contributed by atoms with Crippen molar-refractivity contribution in [2.45, 2.75) is 12.5 Å². The summed E-state index contributed by atoms with van der Waals surface area (Å²) < 4.78 is 18.9. The van der Waals surface area contributed by atoms with Gasteiger partial charge in [0.05, 0.1) is 13.2 Å². The molecule has 0 bridgehead atoms. The Bertz CT molecular complexity index is 478. The molecular formula is C16H24FN3O2. The summed E-state index contributed by atoms with van der Waals surface area (Å²) >= 11 is 0. The summed E-state index contributed by atoms with van der Waals surface area (Å²) in [5.74, 6) is -0.401. The summed E-state index contributed by atoms with van der Waals surface area (Å²) in [7, 11) is 1.88. The lowest BCUT2D eigenvalue weighted by Gasteiger charge is -2.33. The van der Waals surface area contributed by atoms with Gasteiger partial charge in [-0.15, -0.1) is 0 Å². The van der Waals surface area contributed by atoms with Crippen LogP contribution in [0.4, 0.5) is 4.39 Å². The zero-order valence-electron chi connectivity index (χ0n) is 13.0. The fourth-order valence-electron chi connectivity index (χ4n) is 2.61. The van der Waals surface area contributed by atoms with Crippen LogP contribution in [0.3, 0.4) is 0 Å². The van der Waals surface area contributed by atoms with Crippen molar-refractivity contribution in [3.63, 3.8) is 0 Å². The van der Waals surface area contributed by atoms with E-state index in [4.69, 9.17) is 4.74 Å². The van der Waals surface area contributed by atoms with Gasteiger partial charge in [-0.1, -0.05) is 12.1 Å². The van der Waals surface area contributed by atoms with Gasteiger partial charge in [0.15, 0.2) is 0 Å². The second-order valence-corrected chi connectivity index (χ2v) is 5.35. The Morgan fingerprint density at radius 1 is 1.36 bits per heavy atom. The molecule has 0 aromatic heterocycles. The van der Waals surface area contributed by atoms with E-state index >= 15 is 0 Å². The molecule has 1 unspecified atom stereocenters. The van der Waals surface area contributed by atoms with Crippen molar-refractivity contribution in [1.82, 2.24) is 15.5 Å². The van der Waals surface area contributed by atoms with E-state index in [2.05, 4.69) is 10.6 Å². The van der Waals surface area contributed by atoms with Crippen LogP contribution >= 0.6 is 0 Å². The molecule has 5 nitrogen and oxygen atoms in total. The quantitative estimate of drug-likeness (QED) is 0.736. The molecule has 0 radical (unpaired) electrons. The van der Waals surface area contributed by atoms with E-state index in [1.165, 1.54) is 12.1 Å². The summed E-state index contributed by atoms with van der Waals surface area (Å²) in [6.45, 7) is 3.99. The number of rotatable bonds is 7. The summed E-state index contributed by atoms with van der Waals surface area (Å²) in [5, 5.41) is 5.99. The first kappa shape index (κ1) is 16.9. The molecule has 1 aliphatic heterocycles. The zero-order valence-corrected chi connectivity index (χ0v) is 13.0. The van der Waals surface area contributed by atoms with Crippen LogP contribution in [-0.2, 0) is 9.53 Å². The predicted molar refractivity (Wildman–Crippen MR) is 83.1 cm³/mol. The Labute approximate surface area is 130 Å². The van der Waals surface area contributed by atoms with Gasteiger partial charge in [-0.05, 0) is 37.7 Å². The highest BCUT2D eigenvalue weighted by Gasteiger charge is 2.29. The molecule has 1 aliphatic rings. The number of halogens is 1. The van der Waals surface area contributed by atoms with Gasteiger partial charge in [-0.25, -0.2) is 4.39 Å². The molecule has 22 heavy (non-hydrogen) atoms. The van der Waals surface area contributed by atoms with E-state index < -0.39 is 6.04 Å². The molecule has 1 heterocycles. The van der Waals surface area contributed by atoms with Crippen molar-refractivity contribution in [3.05, 3.63) is 35.6 Å². The van der Waals surface area contributed by atoms with E-state index in [1.54, 1.807) is 12.1 Å². The first-order valence-corrected chi connectivity index (χ1v) is 7.72. The average Bonchev–Trinajstić information content (AvgIpc) is 2.53. The average molecular weight is 309 g/mol. The molecule has 0 saturated carbocycles. The first-order valence-electron chi connectivity index (χ1n) is 7.72. The molecule has 1 amide bonds. The van der Waals surface area contributed by atoms with Gasteiger partial charge in [0.2, 0.25) is 5.91 Å². The van der Waals surface area contributed by atoms with E-state index in [0.29, 0.717) is 38.4 Å². The lowest BCUT2D eigenvalue weighted by atomic mass is 10.0. The van der Waals surface area contributed by atoms with Crippen molar-refractivity contribution in [1.29, 1.82) is 0 Å². The second-order valence-electron chi connectivity index (χ2n) is 5.35. The highest BCUT2D eigenvalue weighted by molar-refractivity contribution is 5.83. The number of morpholine rings is 1. The molecule has 1 fully saturated rings. The number of hydrogen-bond acceptors (Lipinski definition) is 4. The third-order valence-electron chi connectivity index (χ3n) is 3.73. The van der Waals surface area contributed by atoms with Crippen LogP contribution in [0, 0.1) is 5.82 Å². The van der Waals surface area contributed by atoms with Crippen molar-refractivity contribution >= 4 is 5.91 Å². The SMILES string of the molecule is CNCCCNC(=O)C(c1cccc(F)c1)N1CCOCC1. The van der Waals surface area contributed by atoms with Gasteiger partial charge in [-0.3, -0.25) is 9.69 Å². The van der Waals surface area contributed by atoms with Crippen molar-refractivity contribution in [3.8, 4) is 0 Å². The molecule has 2 rings (SSSR count). The Hall–Kier alpha value is -1.50. The van der Waals surface area contributed by atoms with E-state index in [1.807, 2.05) is 11.9 Å². The van der Waals surface area contributed by atoms with Crippen molar-refractivity contribution in [2.75, 3.05) is 46.4 Å². The number of benzene rings is 1. The Balaban J connectivity index is 2.08. The number of hydrogen-bond donors (Lipinski definition) is 2. The van der Waals surface area contributed by atoms with Crippen molar-refractivity contribution in [2.24, 2.45) is 0 Å². The van der Waals surface area contributed by atoms with Crippen LogP contribution in [0.1, 0.15) is 18.0 Å². The smallest absolute Gasteiger partial charge is 0.241 e. The normalized spacial score (nSPS) is 17.2. The number of nitrogens with zero attached hydrogens (tertiary/aromatic N) is 1. The molecular weight excluding hydrogens is 285 g/mol. The maximum Gasteiger partial charge on any atom is 0.241 e. The van der Waals surface area contributed by atoms with Crippen LogP contribution in [0.5, 0.6) is 0 Å². The third-order valence-corrected chi connectivity index (χ3v) is 3.73. The fourth-order valence-corrected chi connectivity index (χ4v) is 2.61. The van der Waals surface area contributed by atoms with Gasteiger partial charge in [0, 0.05) is 19.6 Å². The first-order chi connectivity index (χ1) is 10.7. The molecule has 1 aromatic rings. The number of ether oxygens (including phenoxy) is 1. The van der Waals surface area contributed by atoms with Gasteiger partial charge in [0.25, 0.3) is 0 Å². The van der Waals surface area contributed by atoms with Gasteiger partial charge < -0.3 is 15.4 Å². The lowest BCUT2D eigenvalue weighted by Crippen LogP contribution is -2.46. The van der Waals surface area contributed by atoms with Crippen LogP contribution < -0.4 is 10.6 Å². The van der Waals surface area contributed by atoms with E-state index in [9.17, 15) is 9.18 Å². The van der Waals surface area contributed by atoms with Crippen LogP contribution in [-0.4, -0.2) is 57.2 Å². The predicted octanol–water partition coefficient (Wildman–Crippen LogP) is 0.925. The Morgan fingerprint density at radius 2 is 2.14 bits per heavy atom. The number of amides is 1. The van der Waals surface area contributed by atoms with E-state index in [0.717, 1.165) is 13.0 Å². The summed E-state index contributed by atoms with van der Waals surface area (Å²) in [4.78, 5) is 14.6. The Morgan fingerprint density at radius 3 is 2.82 bits per heavy atom. The molecule has 1 aromatic carbocycles. The van der Waals surface area contributed by atoms with Gasteiger partial charge >= 0.3 is 0 Å². The summed E-state index contributed by atoms with van der Waals surface area (Å²) in [6.07, 6.45) is 0.862. The molecule has 1 saturated heterocycles. The third kappa shape index (κ3) is 4.76. The summed E-state index contributed by atoms with van der Waals surface area (Å²) in [6, 6.07) is 5.81. The minimum absolute atomic E-state index is 0.0800. The Kier molecular flexibility index (Phi) is 6.76. The number of carbonyl (C=O) groups excluding carboxylic acids is 1. The maximum absolute atomic E-state index is 13.5. The molecule has 0 aliphatic carbocycles. The minimum Gasteiger partial charge on any atom is -0.379 e. The van der Waals surface area contributed by atoms with Crippen LogP contribution in [0.2, 0.25) is 0 Å². The largest absolute Gasteiger partial charge is 0.379 e. The monoisotopic (exact) mass is 309 g/mol. The van der Waals surface area contributed by atoms with E-state index in [-0.39, 0.29) is 11.7 Å². The van der Waals surface area contributed by atoms with Crippen LogP contribution in [0.25, 0.3) is 0 Å².